The zero-order valence-electron chi connectivity index (χ0n) is 15.8. The third kappa shape index (κ3) is 4.56. The van der Waals surface area contributed by atoms with Gasteiger partial charge in [0.25, 0.3) is 0 Å². The smallest absolute Gasteiger partial charge is 0.247 e. The Bertz CT molecular complexity index is 790. The number of amides is 1. The van der Waals surface area contributed by atoms with Crippen LogP contribution in [-0.4, -0.2) is 21.6 Å². The largest absolute Gasteiger partial charge is 0.326 e. The third-order valence-electron chi connectivity index (χ3n) is 4.40. The third-order valence-corrected chi connectivity index (χ3v) is 4.40. The molecule has 25 heavy (non-hydrogen) atoms. The van der Waals surface area contributed by atoms with Crippen LogP contribution in [0.2, 0.25) is 0 Å². The van der Waals surface area contributed by atoms with Crippen molar-refractivity contribution in [1.29, 1.82) is 0 Å². The number of hydrogen-bond donors (Lipinski definition) is 1. The number of anilines is 1. The van der Waals surface area contributed by atoms with Gasteiger partial charge in [-0.2, -0.15) is 5.10 Å². The van der Waals surface area contributed by atoms with Crippen LogP contribution in [0.15, 0.2) is 18.2 Å². The van der Waals surface area contributed by atoms with Gasteiger partial charge >= 0.3 is 0 Å². The highest BCUT2D eigenvalue weighted by atomic mass is 16.2. The van der Waals surface area contributed by atoms with Crippen molar-refractivity contribution in [2.24, 2.45) is 0 Å². The van der Waals surface area contributed by atoms with E-state index in [2.05, 4.69) is 17.3 Å². The fourth-order valence-electron chi connectivity index (χ4n) is 3.02. The van der Waals surface area contributed by atoms with Gasteiger partial charge in [-0.05, 0) is 51.3 Å². The Morgan fingerprint density at radius 3 is 2.48 bits per heavy atom. The Labute approximate surface area is 149 Å². The Kier molecular flexibility index (Phi) is 6.12. The van der Waals surface area contributed by atoms with Gasteiger partial charge in [-0.25, -0.2) is 4.68 Å². The number of aryl methyl sites for hydroxylation is 3. The first-order valence-electron chi connectivity index (χ1n) is 8.78. The van der Waals surface area contributed by atoms with Crippen LogP contribution in [0.4, 0.5) is 5.69 Å². The highest BCUT2D eigenvalue weighted by molar-refractivity contribution is 5.94. The molecule has 2 rings (SSSR count). The molecule has 0 atom stereocenters. The fraction of sp³-hybridized carbons (Fsp3) is 0.450. The molecule has 0 aliphatic rings. The first kappa shape index (κ1) is 18.9. The summed E-state index contributed by atoms with van der Waals surface area (Å²) in [4.78, 5) is 24.6. The minimum absolute atomic E-state index is 0.140. The van der Waals surface area contributed by atoms with Crippen molar-refractivity contribution in [3.63, 3.8) is 0 Å². The van der Waals surface area contributed by atoms with Crippen LogP contribution in [-0.2, 0) is 11.2 Å². The fourth-order valence-corrected chi connectivity index (χ4v) is 3.02. The summed E-state index contributed by atoms with van der Waals surface area (Å²) in [6.07, 6.45) is 2.22. The van der Waals surface area contributed by atoms with Gasteiger partial charge in [0.2, 0.25) is 11.8 Å². The van der Waals surface area contributed by atoms with Crippen molar-refractivity contribution in [2.45, 2.75) is 60.3 Å². The lowest BCUT2D eigenvalue weighted by molar-refractivity contribution is -0.116. The maximum absolute atomic E-state index is 12.4. The number of hydrogen-bond acceptors (Lipinski definition) is 3. The molecule has 1 aromatic heterocycles. The lowest BCUT2D eigenvalue weighted by Gasteiger charge is -2.09. The van der Waals surface area contributed by atoms with Crippen LogP contribution in [0.25, 0.3) is 0 Å². The second-order valence-corrected chi connectivity index (χ2v) is 6.57. The van der Waals surface area contributed by atoms with Crippen molar-refractivity contribution < 1.29 is 9.59 Å². The van der Waals surface area contributed by atoms with Gasteiger partial charge in [0.1, 0.15) is 0 Å². The van der Waals surface area contributed by atoms with Crippen LogP contribution in [0.1, 0.15) is 59.1 Å². The molecule has 1 heterocycles. The molecule has 134 valence electrons. The zero-order chi connectivity index (χ0) is 18.6. The minimum atomic E-state index is -0.157. The molecule has 2 aromatic rings. The molecule has 0 bridgehead atoms. The first-order chi connectivity index (χ1) is 11.8. The van der Waals surface area contributed by atoms with Crippen molar-refractivity contribution in [3.8, 4) is 0 Å². The summed E-state index contributed by atoms with van der Waals surface area (Å²) in [5.74, 6) is -0.297. The maximum Gasteiger partial charge on any atom is 0.247 e. The predicted molar refractivity (Wildman–Crippen MR) is 100 cm³/mol. The van der Waals surface area contributed by atoms with Crippen LogP contribution in [0, 0.1) is 27.7 Å². The molecule has 0 saturated heterocycles. The molecule has 0 radical (unpaired) electrons. The van der Waals surface area contributed by atoms with E-state index in [1.807, 2.05) is 45.9 Å². The van der Waals surface area contributed by atoms with Crippen LogP contribution < -0.4 is 5.32 Å². The molecule has 0 fully saturated rings. The van der Waals surface area contributed by atoms with Crippen LogP contribution >= 0.6 is 0 Å². The Balaban J connectivity index is 1.98. The number of carbonyl (C=O) groups is 2. The molecule has 0 spiro atoms. The normalized spacial score (nSPS) is 10.8. The van der Waals surface area contributed by atoms with Gasteiger partial charge in [-0.3, -0.25) is 9.59 Å². The minimum Gasteiger partial charge on any atom is -0.326 e. The van der Waals surface area contributed by atoms with Gasteiger partial charge < -0.3 is 5.32 Å². The van der Waals surface area contributed by atoms with E-state index >= 15 is 0 Å². The Morgan fingerprint density at radius 2 is 1.84 bits per heavy atom. The zero-order valence-corrected chi connectivity index (χ0v) is 15.8. The van der Waals surface area contributed by atoms with E-state index < -0.39 is 0 Å². The van der Waals surface area contributed by atoms with Gasteiger partial charge in [-0.1, -0.05) is 31.0 Å². The highest BCUT2D eigenvalue weighted by Crippen LogP contribution is 2.18. The molecule has 1 amide bonds. The van der Waals surface area contributed by atoms with Crippen molar-refractivity contribution in [3.05, 3.63) is 46.3 Å². The van der Waals surface area contributed by atoms with E-state index in [-0.39, 0.29) is 24.7 Å². The monoisotopic (exact) mass is 341 g/mol. The Morgan fingerprint density at radius 1 is 1.12 bits per heavy atom. The van der Waals surface area contributed by atoms with Gasteiger partial charge in [-0.15, -0.1) is 0 Å². The van der Waals surface area contributed by atoms with E-state index in [0.29, 0.717) is 0 Å². The maximum atomic E-state index is 12.4. The van der Waals surface area contributed by atoms with E-state index in [9.17, 15) is 9.59 Å². The van der Waals surface area contributed by atoms with E-state index in [1.165, 1.54) is 4.68 Å². The van der Waals surface area contributed by atoms with Crippen LogP contribution in [0.5, 0.6) is 0 Å². The molecular formula is C20H27N3O2. The molecule has 1 N–H and O–H groups in total. The lowest BCUT2D eigenvalue weighted by Crippen LogP contribution is -2.19. The average molecular weight is 341 g/mol. The van der Waals surface area contributed by atoms with Crippen molar-refractivity contribution >= 4 is 17.5 Å². The molecule has 0 aliphatic heterocycles. The second-order valence-electron chi connectivity index (χ2n) is 6.57. The summed E-state index contributed by atoms with van der Waals surface area (Å²) in [6, 6.07) is 5.87. The van der Waals surface area contributed by atoms with E-state index in [4.69, 9.17) is 0 Å². The molecule has 0 unspecified atom stereocenters. The Hall–Kier alpha value is -2.43. The second kappa shape index (κ2) is 8.10. The first-order valence-corrected chi connectivity index (χ1v) is 8.78. The molecule has 0 saturated carbocycles. The summed E-state index contributed by atoms with van der Waals surface area (Å²) < 4.78 is 1.45. The number of nitrogens with one attached hydrogen (secondary N) is 1. The summed E-state index contributed by atoms with van der Waals surface area (Å²) in [5, 5.41) is 7.22. The molecule has 5 heteroatoms. The number of rotatable bonds is 6. The highest BCUT2D eigenvalue weighted by Gasteiger charge is 2.17. The van der Waals surface area contributed by atoms with Crippen molar-refractivity contribution in [2.75, 3.05) is 5.32 Å². The summed E-state index contributed by atoms with van der Waals surface area (Å²) in [6.45, 7) is 9.92. The van der Waals surface area contributed by atoms with Gasteiger partial charge in [0.05, 0.1) is 5.69 Å². The topological polar surface area (TPSA) is 64.0 Å². The van der Waals surface area contributed by atoms with Gasteiger partial charge in [0, 0.05) is 24.2 Å². The number of aromatic nitrogens is 2. The summed E-state index contributed by atoms with van der Waals surface area (Å²) in [5.41, 5.74) is 5.88. The predicted octanol–water partition coefficient (Wildman–Crippen LogP) is 4.13. The molecule has 0 aliphatic carbocycles. The number of benzene rings is 1. The van der Waals surface area contributed by atoms with E-state index in [0.717, 1.165) is 46.6 Å². The summed E-state index contributed by atoms with van der Waals surface area (Å²) >= 11 is 0. The SMILES string of the molecule is CCCc1c(C)nn(C(=O)CCC(=O)Nc2ccc(C)cc2C)c1C. The van der Waals surface area contributed by atoms with Crippen LogP contribution in [0.3, 0.4) is 0 Å². The molecular weight excluding hydrogens is 314 g/mol. The summed E-state index contributed by atoms with van der Waals surface area (Å²) in [7, 11) is 0. The van der Waals surface area contributed by atoms with Gasteiger partial charge in [0.15, 0.2) is 0 Å². The number of nitrogens with zero attached hydrogens (tertiary/aromatic N) is 2. The van der Waals surface area contributed by atoms with E-state index in [1.54, 1.807) is 0 Å². The quantitative estimate of drug-likeness (QED) is 0.859. The lowest BCUT2D eigenvalue weighted by atomic mass is 10.1. The number of carbonyl (C=O) groups excluding carboxylic acids is 2. The molecule has 5 nitrogen and oxygen atoms in total. The van der Waals surface area contributed by atoms with Crippen molar-refractivity contribution in [1.82, 2.24) is 9.78 Å². The standard InChI is InChI=1S/C20H27N3O2/c1-6-7-17-15(4)22-23(16(17)5)20(25)11-10-19(24)21-18-9-8-13(2)12-14(18)3/h8-9,12H,6-7,10-11H2,1-5H3,(H,21,24). The molecule has 1 aromatic carbocycles. The average Bonchev–Trinajstić information content (AvgIpc) is 2.84.